The highest BCUT2D eigenvalue weighted by atomic mass is 16.5. The molecule has 2 rings (SSSR count). The van der Waals surface area contributed by atoms with Crippen molar-refractivity contribution in [1.29, 1.82) is 0 Å². The molecule has 1 fully saturated rings. The van der Waals surface area contributed by atoms with Gasteiger partial charge in [-0.05, 0) is 30.4 Å². The molecule has 1 aliphatic carbocycles. The van der Waals surface area contributed by atoms with E-state index in [0.717, 1.165) is 11.1 Å². The highest BCUT2D eigenvalue weighted by Crippen LogP contribution is 2.24. The largest absolute Gasteiger partial charge is 0.469 e. The third-order valence-corrected chi connectivity index (χ3v) is 4.05. The maximum atomic E-state index is 11.8. The topological polar surface area (TPSA) is 80.7 Å². The lowest BCUT2D eigenvalue weighted by Gasteiger charge is -2.12. The summed E-state index contributed by atoms with van der Waals surface area (Å²) >= 11 is 0. The first-order chi connectivity index (χ1) is 10.5. The minimum atomic E-state index is -1.15. The van der Waals surface area contributed by atoms with Crippen molar-refractivity contribution in [3.05, 3.63) is 35.4 Å². The Kier molecular flexibility index (Phi) is 5.44. The smallest absolute Gasteiger partial charge is 0.305 e. The monoisotopic (exact) mass is 304 g/mol. The van der Waals surface area contributed by atoms with Gasteiger partial charge in [-0.15, -0.1) is 0 Å². The lowest BCUT2D eigenvalue weighted by Crippen LogP contribution is -2.22. The number of carbonyl (C=O) groups is 3. The molecule has 0 bridgehead atoms. The lowest BCUT2D eigenvalue weighted by molar-refractivity contribution is -0.140. The van der Waals surface area contributed by atoms with Crippen LogP contribution in [-0.2, 0) is 32.0 Å². The maximum Gasteiger partial charge on any atom is 0.305 e. The molecule has 1 aromatic carbocycles. The second-order valence-corrected chi connectivity index (χ2v) is 5.54. The Balaban J connectivity index is 2.04. The molecule has 1 saturated carbocycles. The lowest BCUT2D eigenvalue weighted by atomic mass is 9.91. The third kappa shape index (κ3) is 3.80. The van der Waals surface area contributed by atoms with Crippen LogP contribution in [-0.4, -0.2) is 35.9 Å². The van der Waals surface area contributed by atoms with Crippen LogP contribution in [0.5, 0.6) is 0 Å². The van der Waals surface area contributed by atoms with E-state index in [0.29, 0.717) is 25.7 Å². The van der Waals surface area contributed by atoms with Crippen molar-refractivity contribution < 1.29 is 24.2 Å². The van der Waals surface area contributed by atoms with Gasteiger partial charge in [-0.25, -0.2) is 0 Å². The summed E-state index contributed by atoms with van der Waals surface area (Å²) in [6, 6.07) is 7.58. The minimum Gasteiger partial charge on any atom is -0.469 e. The molecule has 0 saturated heterocycles. The average Bonchev–Trinajstić information content (AvgIpc) is 2.75. The van der Waals surface area contributed by atoms with Gasteiger partial charge in [0.1, 0.15) is 11.9 Å². The Bertz CT molecular complexity index is 578. The number of esters is 1. The molecule has 2 atom stereocenters. The van der Waals surface area contributed by atoms with Crippen LogP contribution >= 0.6 is 0 Å². The summed E-state index contributed by atoms with van der Waals surface area (Å²) in [5, 5.41) is 9.49. The Hall–Kier alpha value is -2.01. The summed E-state index contributed by atoms with van der Waals surface area (Å²) in [7, 11) is 1.36. The molecule has 0 aliphatic heterocycles. The van der Waals surface area contributed by atoms with Crippen molar-refractivity contribution >= 4 is 17.5 Å². The first-order valence-corrected chi connectivity index (χ1v) is 7.41. The van der Waals surface area contributed by atoms with E-state index in [9.17, 15) is 19.5 Å². The number of aliphatic hydroxyl groups excluding tert-OH is 1. The average molecular weight is 304 g/mol. The molecule has 0 heterocycles. The number of benzene rings is 1. The van der Waals surface area contributed by atoms with Crippen molar-refractivity contribution in [2.75, 3.05) is 7.11 Å². The maximum absolute atomic E-state index is 11.8. The molecule has 0 radical (unpaired) electrons. The quantitative estimate of drug-likeness (QED) is 0.632. The Morgan fingerprint density at radius 1 is 1.27 bits per heavy atom. The predicted molar refractivity (Wildman–Crippen MR) is 79.2 cm³/mol. The second kappa shape index (κ2) is 7.31. The van der Waals surface area contributed by atoms with E-state index in [1.54, 1.807) is 0 Å². The predicted octanol–water partition coefficient (Wildman–Crippen LogP) is 1.24. The minimum absolute atomic E-state index is 0.0754. The summed E-state index contributed by atoms with van der Waals surface area (Å²) in [6.45, 7) is 0. The number of hydrogen-bond donors (Lipinski definition) is 1. The highest BCUT2D eigenvalue weighted by molar-refractivity contribution is 6.11. The zero-order chi connectivity index (χ0) is 16.1. The van der Waals surface area contributed by atoms with Gasteiger partial charge in [0, 0.05) is 12.8 Å². The van der Waals surface area contributed by atoms with Crippen molar-refractivity contribution in [3.63, 3.8) is 0 Å². The molecule has 0 amide bonds. The molecule has 118 valence electrons. The van der Waals surface area contributed by atoms with Gasteiger partial charge in [-0.1, -0.05) is 24.3 Å². The van der Waals surface area contributed by atoms with Gasteiger partial charge in [0.2, 0.25) is 0 Å². The van der Waals surface area contributed by atoms with Gasteiger partial charge in [0.25, 0.3) is 0 Å². The summed E-state index contributed by atoms with van der Waals surface area (Å²) < 4.78 is 4.61. The first-order valence-electron chi connectivity index (χ1n) is 7.41. The molecule has 2 unspecified atom stereocenters. The van der Waals surface area contributed by atoms with Gasteiger partial charge in [-0.2, -0.15) is 0 Å². The van der Waals surface area contributed by atoms with Crippen LogP contribution in [0, 0.1) is 5.92 Å². The van der Waals surface area contributed by atoms with Crippen molar-refractivity contribution in [2.24, 2.45) is 5.92 Å². The Morgan fingerprint density at radius 2 is 1.95 bits per heavy atom. The molecule has 1 aliphatic rings. The van der Waals surface area contributed by atoms with E-state index in [1.165, 1.54) is 7.11 Å². The van der Waals surface area contributed by atoms with Crippen molar-refractivity contribution in [3.8, 4) is 0 Å². The fraction of sp³-hybridized carbons (Fsp3) is 0.471. The molecule has 5 nitrogen and oxygen atoms in total. The van der Waals surface area contributed by atoms with Crippen LogP contribution in [0.15, 0.2) is 24.3 Å². The van der Waals surface area contributed by atoms with Gasteiger partial charge in [-0.3, -0.25) is 14.4 Å². The van der Waals surface area contributed by atoms with Crippen molar-refractivity contribution in [1.82, 2.24) is 0 Å². The number of aliphatic hydroxyl groups is 1. The fourth-order valence-electron chi connectivity index (χ4n) is 2.78. The fourth-order valence-corrected chi connectivity index (χ4v) is 2.78. The molecule has 1 N–H and O–H groups in total. The van der Waals surface area contributed by atoms with Crippen LogP contribution in [0.2, 0.25) is 0 Å². The van der Waals surface area contributed by atoms with Crippen LogP contribution < -0.4 is 0 Å². The number of methoxy groups -OCH3 is 1. The standard InChI is InChI=1S/C17H20O5/c1-22-16(20)8-4-7-11-5-2-3-6-12(11)9-13-14(18)10-15(19)17(13)21/h2-3,5-6,13,15,19H,4,7-10H2,1H3. The third-order valence-electron chi connectivity index (χ3n) is 4.05. The Labute approximate surface area is 129 Å². The zero-order valence-electron chi connectivity index (χ0n) is 12.6. The van der Waals surface area contributed by atoms with E-state index >= 15 is 0 Å². The first kappa shape index (κ1) is 16.4. The highest BCUT2D eigenvalue weighted by Gasteiger charge is 2.40. The summed E-state index contributed by atoms with van der Waals surface area (Å²) in [5.74, 6) is -1.56. The molecule has 5 heteroatoms. The van der Waals surface area contributed by atoms with Crippen LogP contribution in [0.25, 0.3) is 0 Å². The number of carbonyl (C=O) groups excluding carboxylic acids is 3. The van der Waals surface area contributed by atoms with Gasteiger partial charge in [0.15, 0.2) is 5.78 Å². The number of aryl methyl sites for hydroxylation is 1. The zero-order valence-corrected chi connectivity index (χ0v) is 12.6. The Morgan fingerprint density at radius 3 is 2.55 bits per heavy atom. The number of hydrogen-bond acceptors (Lipinski definition) is 5. The van der Waals surface area contributed by atoms with Crippen LogP contribution in [0.4, 0.5) is 0 Å². The van der Waals surface area contributed by atoms with E-state index in [4.69, 9.17) is 0 Å². The number of rotatable bonds is 6. The number of ether oxygens (including phenoxy) is 1. The van der Waals surface area contributed by atoms with Gasteiger partial charge in [0.05, 0.1) is 13.0 Å². The molecular weight excluding hydrogens is 284 g/mol. The molecule has 0 spiro atoms. The van der Waals surface area contributed by atoms with Crippen LogP contribution in [0.1, 0.15) is 30.4 Å². The van der Waals surface area contributed by atoms with Gasteiger partial charge >= 0.3 is 5.97 Å². The molecule has 22 heavy (non-hydrogen) atoms. The summed E-state index contributed by atoms with van der Waals surface area (Å²) in [5.41, 5.74) is 1.95. The van der Waals surface area contributed by atoms with Crippen molar-refractivity contribution in [2.45, 2.75) is 38.2 Å². The van der Waals surface area contributed by atoms with Gasteiger partial charge < -0.3 is 9.84 Å². The molecule has 1 aromatic rings. The molecular formula is C17H20O5. The summed E-state index contributed by atoms with van der Waals surface area (Å²) in [6.07, 6.45) is 0.771. The number of ketones is 2. The van der Waals surface area contributed by atoms with E-state index in [-0.39, 0.29) is 24.0 Å². The summed E-state index contributed by atoms with van der Waals surface area (Å²) in [4.78, 5) is 34.8. The normalized spacial score (nSPS) is 21.2. The van der Waals surface area contributed by atoms with Crippen LogP contribution in [0.3, 0.4) is 0 Å². The van der Waals surface area contributed by atoms with E-state index < -0.39 is 12.0 Å². The SMILES string of the molecule is COC(=O)CCCc1ccccc1CC1C(=O)CC(O)C1=O. The molecule has 0 aromatic heterocycles. The second-order valence-electron chi connectivity index (χ2n) is 5.54. The van der Waals surface area contributed by atoms with E-state index in [2.05, 4.69) is 4.74 Å². The van der Waals surface area contributed by atoms with E-state index in [1.807, 2.05) is 24.3 Å². The number of Topliss-reactive ketones (excluding diaryl/α,β-unsaturated/α-hetero) is 2.